The second kappa shape index (κ2) is 9.51. The fraction of sp³-hybridized carbons (Fsp3) is 0.304. The van der Waals surface area contributed by atoms with Crippen LogP contribution in [0, 0.1) is 5.92 Å². The Hall–Kier alpha value is -3.88. The van der Waals surface area contributed by atoms with Gasteiger partial charge in [-0.3, -0.25) is 4.79 Å². The minimum Gasteiger partial charge on any atom is -0.481 e. The average Bonchev–Trinajstić information content (AvgIpc) is 3.29. The summed E-state index contributed by atoms with van der Waals surface area (Å²) in [7, 11) is 0. The van der Waals surface area contributed by atoms with Crippen molar-refractivity contribution >= 4 is 35.0 Å². The van der Waals surface area contributed by atoms with E-state index in [9.17, 15) is 9.59 Å². The smallest absolute Gasteiger partial charge is 0.346 e. The highest BCUT2D eigenvalue weighted by molar-refractivity contribution is 5.90. The first-order valence-corrected chi connectivity index (χ1v) is 10.7. The van der Waals surface area contributed by atoms with Gasteiger partial charge in [-0.1, -0.05) is 19.1 Å². The maximum atomic E-state index is 12.5. The fourth-order valence-electron chi connectivity index (χ4n) is 3.66. The zero-order valence-corrected chi connectivity index (χ0v) is 17.9. The van der Waals surface area contributed by atoms with Crippen molar-refractivity contribution in [2.45, 2.75) is 26.2 Å². The van der Waals surface area contributed by atoms with Crippen molar-refractivity contribution in [3.05, 3.63) is 60.4 Å². The number of anilines is 4. The highest BCUT2D eigenvalue weighted by Gasteiger charge is 2.25. The summed E-state index contributed by atoms with van der Waals surface area (Å²) in [5.41, 5.74) is 2.71. The van der Waals surface area contributed by atoms with Crippen LogP contribution in [0.3, 0.4) is 0 Å². The number of carboxylic acid groups (broad SMARTS) is 1. The number of pyridine rings is 1. The van der Waals surface area contributed by atoms with E-state index in [-0.39, 0.29) is 5.92 Å². The average molecular weight is 435 g/mol. The van der Waals surface area contributed by atoms with Gasteiger partial charge in [-0.25, -0.2) is 9.78 Å². The van der Waals surface area contributed by atoms with Crippen LogP contribution in [0.1, 0.15) is 25.3 Å². The Bertz CT molecular complexity index is 1070. The van der Waals surface area contributed by atoms with E-state index in [1.807, 2.05) is 18.2 Å². The summed E-state index contributed by atoms with van der Waals surface area (Å²) in [6, 6.07) is 13.0. The van der Waals surface area contributed by atoms with Crippen molar-refractivity contribution in [1.82, 2.24) is 14.8 Å². The number of benzene rings is 1. The SMILES string of the molecule is CCc1ccc(Nc2ccn(C(=O)Nc3ccc(N4CCC(C(=O)O)CC4)nc3)n2)cc1. The first kappa shape index (κ1) is 21.4. The van der Waals surface area contributed by atoms with Crippen molar-refractivity contribution < 1.29 is 14.7 Å². The number of hydrogen-bond donors (Lipinski definition) is 3. The standard InChI is InChI=1S/C23H26N6O3/c1-2-16-3-5-18(6-4-16)25-20-11-14-29(27-20)23(32)26-19-7-8-21(24-15-19)28-12-9-17(10-13-28)22(30)31/h3-8,11,14-15,17H,2,9-10,12-13H2,1H3,(H,25,27)(H,26,32)(H,30,31). The maximum absolute atomic E-state index is 12.5. The molecule has 0 unspecified atom stereocenters. The predicted molar refractivity (Wildman–Crippen MR) is 123 cm³/mol. The van der Waals surface area contributed by atoms with E-state index in [2.05, 4.69) is 44.7 Å². The number of hydrogen-bond acceptors (Lipinski definition) is 6. The van der Waals surface area contributed by atoms with Gasteiger partial charge in [0, 0.05) is 31.0 Å². The lowest BCUT2D eigenvalue weighted by atomic mass is 9.97. The molecule has 0 atom stereocenters. The summed E-state index contributed by atoms with van der Waals surface area (Å²) in [4.78, 5) is 30.1. The molecule has 3 N–H and O–H groups in total. The number of carbonyl (C=O) groups excluding carboxylic acids is 1. The second-order valence-electron chi connectivity index (χ2n) is 7.76. The Balaban J connectivity index is 1.32. The van der Waals surface area contributed by atoms with Crippen LogP contribution in [0.5, 0.6) is 0 Å². The van der Waals surface area contributed by atoms with Gasteiger partial charge in [0.15, 0.2) is 5.82 Å². The normalized spacial score (nSPS) is 14.2. The van der Waals surface area contributed by atoms with Crippen molar-refractivity contribution in [2.75, 3.05) is 28.6 Å². The Labute approximate surface area is 186 Å². The lowest BCUT2D eigenvalue weighted by Crippen LogP contribution is -2.36. The summed E-state index contributed by atoms with van der Waals surface area (Å²) in [5, 5.41) is 19.4. The van der Waals surface area contributed by atoms with Crippen LogP contribution >= 0.6 is 0 Å². The second-order valence-corrected chi connectivity index (χ2v) is 7.76. The van der Waals surface area contributed by atoms with Crippen LogP contribution in [-0.2, 0) is 11.2 Å². The lowest BCUT2D eigenvalue weighted by molar-refractivity contribution is -0.142. The van der Waals surface area contributed by atoms with Crippen molar-refractivity contribution in [1.29, 1.82) is 0 Å². The van der Waals surface area contributed by atoms with Crippen LogP contribution in [0.15, 0.2) is 54.9 Å². The minimum absolute atomic E-state index is 0.283. The van der Waals surface area contributed by atoms with Crippen LogP contribution < -0.4 is 15.5 Å². The first-order chi connectivity index (χ1) is 15.5. The highest BCUT2D eigenvalue weighted by Crippen LogP contribution is 2.23. The van der Waals surface area contributed by atoms with Gasteiger partial charge in [0.2, 0.25) is 0 Å². The number of nitrogens with one attached hydrogen (secondary N) is 2. The Kier molecular flexibility index (Phi) is 6.34. The number of rotatable bonds is 6. The van der Waals surface area contributed by atoms with Gasteiger partial charge in [0.1, 0.15) is 5.82 Å². The molecule has 1 aliphatic rings. The molecule has 0 saturated carbocycles. The van der Waals surface area contributed by atoms with E-state index < -0.39 is 12.0 Å². The number of carbonyl (C=O) groups is 2. The topological polar surface area (TPSA) is 112 Å². The van der Waals surface area contributed by atoms with Crippen LogP contribution in [-0.4, -0.2) is 45.0 Å². The number of aryl methyl sites for hydroxylation is 1. The molecule has 0 spiro atoms. The Morgan fingerprint density at radius 1 is 1.06 bits per heavy atom. The molecule has 1 aromatic carbocycles. The van der Waals surface area contributed by atoms with E-state index in [4.69, 9.17) is 5.11 Å². The summed E-state index contributed by atoms with van der Waals surface area (Å²) >= 11 is 0. The van der Waals surface area contributed by atoms with Crippen molar-refractivity contribution in [2.24, 2.45) is 5.92 Å². The van der Waals surface area contributed by atoms with E-state index in [0.717, 1.165) is 17.9 Å². The summed E-state index contributed by atoms with van der Waals surface area (Å²) < 4.78 is 1.23. The quantitative estimate of drug-likeness (QED) is 0.538. The molecular formula is C23H26N6O3. The van der Waals surface area contributed by atoms with Crippen LogP contribution in [0.4, 0.5) is 27.8 Å². The molecule has 32 heavy (non-hydrogen) atoms. The summed E-state index contributed by atoms with van der Waals surface area (Å²) in [5.74, 6) is 0.324. The molecule has 3 aromatic rings. The van der Waals surface area contributed by atoms with Gasteiger partial charge in [-0.05, 0) is 49.1 Å². The van der Waals surface area contributed by atoms with Crippen molar-refractivity contribution in [3.63, 3.8) is 0 Å². The van der Waals surface area contributed by atoms with E-state index in [1.54, 1.807) is 24.5 Å². The summed E-state index contributed by atoms with van der Waals surface area (Å²) in [6.45, 7) is 3.41. The molecule has 3 heterocycles. The van der Waals surface area contributed by atoms with E-state index in [1.165, 1.54) is 10.2 Å². The molecule has 0 bridgehead atoms. The molecule has 1 amide bonds. The largest absolute Gasteiger partial charge is 0.481 e. The van der Waals surface area contributed by atoms with Gasteiger partial charge in [-0.15, -0.1) is 5.10 Å². The molecule has 1 aliphatic heterocycles. The molecule has 0 aliphatic carbocycles. The molecule has 9 nitrogen and oxygen atoms in total. The number of aliphatic carboxylic acids is 1. The van der Waals surface area contributed by atoms with E-state index in [0.29, 0.717) is 37.4 Å². The maximum Gasteiger partial charge on any atom is 0.346 e. The Morgan fingerprint density at radius 2 is 1.78 bits per heavy atom. The van der Waals surface area contributed by atoms with Gasteiger partial charge in [0.05, 0.1) is 17.8 Å². The fourth-order valence-corrected chi connectivity index (χ4v) is 3.66. The lowest BCUT2D eigenvalue weighted by Gasteiger charge is -2.31. The number of piperidine rings is 1. The zero-order chi connectivity index (χ0) is 22.5. The van der Waals surface area contributed by atoms with Gasteiger partial charge in [-0.2, -0.15) is 4.68 Å². The minimum atomic E-state index is -0.734. The molecular weight excluding hydrogens is 408 g/mol. The molecule has 1 fully saturated rings. The molecule has 2 aromatic heterocycles. The van der Waals surface area contributed by atoms with Gasteiger partial charge in [0.25, 0.3) is 0 Å². The van der Waals surface area contributed by atoms with Crippen molar-refractivity contribution in [3.8, 4) is 0 Å². The molecule has 1 saturated heterocycles. The molecule has 0 radical (unpaired) electrons. The number of amides is 1. The molecule has 4 rings (SSSR count). The number of carboxylic acids is 1. The monoisotopic (exact) mass is 434 g/mol. The van der Waals surface area contributed by atoms with Crippen LogP contribution in [0.25, 0.3) is 0 Å². The molecule has 166 valence electrons. The van der Waals surface area contributed by atoms with E-state index >= 15 is 0 Å². The number of nitrogens with zero attached hydrogens (tertiary/aromatic N) is 4. The Morgan fingerprint density at radius 3 is 2.41 bits per heavy atom. The highest BCUT2D eigenvalue weighted by atomic mass is 16.4. The third kappa shape index (κ3) is 5.05. The van der Waals surface area contributed by atoms with Gasteiger partial charge < -0.3 is 20.6 Å². The third-order valence-electron chi connectivity index (χ3n) is 5.60. The third-order valence-corrected chi connectivity index (χ3v) is 5.60. The van der Waals surface area contributed by atoms with Crippen LogP contribution in [0.2, 0.25) is 0 Å². The first-order valence-electron chi connectivity index (χ1n) is 10.7. The predicted octanol–water partition coefficient (Wildman–Crippen LogP) is 3.97. The molecule has 9 heteroatoms. The summed E-state index contributed by atoms with van der Waals surface area (Å²) in [6.07, 6.45) is 5.37. The number of aromatic nitrogens is 3. The van der Waals surface area contributed by atoms with Gasteiger partial charge >= 0.3 is 12.0 Å². The zero-order valence-electron chi connectivity index (χ0n) is 17.9.